The molecule has 3 rings (SSSR count). The molecule has 0 aliphatic heterocycles. The first-order valence-electron chi connectivity index (χ1n) is 7.93. The van der Waals surface area contributed by atoms with Crippen LogP contribution in [0.3, 0.4) is 0 Å². The van der Waals surface area contributed by atoms with Crippen molar-refractivity contribution in [2.75, 3.05) is 19.0 Å². The molecule has 28 heavy (non-hydrogen) atoms. The Labute approximate surface area is 162 Å². The maximum Gasteiger partial charge on any atom is 0.310 e. The lowest BCUT2D eigenvalue weighted by Gasteiger charge is -2.06. The van der Waals surface area contributed by atoms with E-state index in [4.69, 9.17) is 9.47 Å². The van der Waals surface area contributed by atoms with Gasteiger partial charge in [0.25, 0.3) is 5.91 Å². The Morgan fingerprint density at radius 2 is 2.07 bits per heavy atom. The Kier molecular flexibility index (Phi) is 5.80. The molecule has 0 bridgehead atoms. The summed E-state index contributed by atoms with van der Waals surface area (Å²) < 4.78 is 23.9. The molecule has 0 aliphatic rings. The zero-order valence-corrected chi connectivity index (χ0v) is 15.4. The van der Waals surface area contributed by atoms with Gasteiger partial charge in [-0.05, 0) is 24.3 Å². The molecule has 1 amide bonds. The molecule has 0 spiro atoms. The molecule has 2 aromatic carbocycles. The molecule has 1 heterocycles. The van der Waals surface area contributed by atoms with Gasteiger partial charge in [0.2, 0.25) is 0 Å². The number of nitro benzene ring substituents is 1. The van der Waals surface area contributed by atoms with E-state index in [1.807, 2.05) is 0 Å². The topological polar surface area (TPSA) is 104 Å². The first kappa shape index (κ1) is 19.2. The molecule has 0 fully saturated rings. The number of nitro groups is 1. The monoisotopic (exact) mass is 403 g/mol. The van der Waals surface area contributed by atoms with Crippen LogP contribution in [0.2, 0.25) is 0 Å². The van der Waals surface area contributed by atoms with Crippen molar-refractivity contribution in [3.8, 4) is 22.8 Å². The minimum absolute atomic E-state index is 0.00353. The molecule has 1 N–H and O–H groups in total. The third kappa shape index (κ3) is 4.41. The predicted molar refractivity (Wildman–Crippen MR) is 101 cm³/mol. The number of benzene rings is 2. The summed E-state index contributed by atoms with van der Waals surface area (Å²) in [4.78, 5) is 26.6. The number of anilines is 1. The quantitative estimate of drug-likeness (QED) is 0.474. The number of carbonyl (C=O) groups is 1. The summed E-state index contributed by atoms with van der Waals surface area (Å²) >= 11 is 1.16. The van der Waals surface area contributed by atoms with Gasteiger partial charge in [0.15, 0.2) is 29.1 Å². The number of carbonyl (C=O) groups excluding carboxylic acids is 1. The molecule has 0 saturated carbocycles. The van der Waals surface area contributed by atoms with E-state index in [9.17, 15) is 19.3 Å². The van der Waals surface area contributed by atoms with Crippen LogP contribution in [0.15, 0.2) is 47.8 Å². The van der Waals surface area contributed by atoms with Gasteiger partial charge < -0.3 is 9.47 Å². The van der Waals surface area contributed by atoms with E-state index in [1.54, 1.807) is 17.5 Å². The van der Waals surface area contributed by atoms with Crippen molar-refractivity contribution in [3.05, 3.63) is 63.8 Å². The van der Waals surface area contributed by atoms with Crippen LogP contribution >= 0.6 is 11.3 Å². The largest absolute Gasteiger partial charge is 0.494 e. The third-order valence-corrected chi connectivity index (χ3v) is 4.38. The van der Waals surface area contributed by atoms with Gasteiger partial charge in [-0.25, -0.2) is 9.37 Å². The summed E-state index contributed by atoms with van der Waals surface area (Å²) in [7, 11) is 1.38. The second kappa shape index (κ2) is 8.44. The van der Waals surface area contributed by atoms with E-state index in [2.05, 4.69) is 10.3 Å². The third-order valence-electron chi connectivity index (χ3n) is 3.62. The van der Waals surface area contributed by atoms with Gasteiger partial charge in [-0.2, -0.15) is 0 Å². The van der Waals surface area contributed by atoms with E-state index in [0.717, 1.165) is 11.3 Å². The van der Waals surface area contributed by atoms with Gasteiger partial charge in [-0.3, -0.25) is 20.2 Å². The van der Waals surface area contributed by atoms with E-state index >= 15 is 0 Å². The van der Waals surface area contributed by atoms with Crippen molar-refractivity contribution >= 4 is 28.1 Å². The summed E-state index contributed by atoms with van der Waals surface area (Å²) in [5.41, 5.74) is 0.793. The average Bonchev–Trinajstić information content (AvgIpc) is 3.15. The Morgan fingerprint density at radius 1 is 1.29 bits per heavy atom. The highest BCUT2D eigenvalue weighted by molar-refractivity contribution is 7.14. The molecule has 0 atom stereocenters. The minimum Gasteiger partial charge on any atom is -0.494 e. The SMILES string of the molecule is COc1ccc(-c2csc(NC(=O)COc3ccccc3[N+](=O)[O-])n2)cc1F. The zero-order chi connectivity index (χ0) is 20.1. The average molecular weight is 403 g/mol. The molecule has 10 heteroatoms. The van der Waals surface area contributed by atoms with Gasteiger partial charge in [0.1, 0.15) is 0 Å². The van der Waals surface area contributed by atoms with Gasteiger partial charge in [0.05, 0.1) is 17.7 Å². The van der Waals surface area contributed by atoms with Crippen molar-refractivity contribution in [3.63, 3.8) is 0 Å². The molecule has 0 radical (unpaired) electrons. The van der Waals surface area contributed by atoms with Gasteiger partial charge in [-0.1, -0.05) is 12.1 Å². The highest BCUT2D eigenvalue weighted by Gasteiger charge is 2.16. The number of nitrogens with one attached hydrogen (secondary N) is 1. The van der Waals surface area contributed by atoms with Crippen molar-refractivity contribution in [2.24, 2.45) is 0 Å². The van der Waals surface area contributed by atoms with E-state index in [0.29, 0.717) is 16.4 Å². The van der Waals surface area contributed by atoms with Gasteiger partial charge in [-0.15, -0.1) is 11.3 Å². The van der Waals surface area contributed by atoms with Crippen LogP contribution in [0.25, 0.3) is 11.3 Å². The Hall–Kier alpha value is -3.53. The van der Waals surface area contributed by atoms with Gasteiger partial charge in [0, 0.05) is 17.0 Å². The lowest BCUT2D eigenvalue weighted by atomic mass is 10.1. The summed E-state index contributed by atoms with van der Waals surface area (Å²) in [5.74, 6) is -0.924. The molecule has 0 unspecified atom stereocenters. The number of para-hydroxylation sites is 2. The van der Waals surface area contributed by atoms with Crippen LogP contribution in [-0.4, -0.2) is 29.5 Å². The second-order valence-corrected chi connectivity index (χ2v) is 6.31. The number of methoxy groups -OCH3 is 1. The number of rotatable bonds is 7. The van der Waals surface area contributed by atoms with Gasteiger partial charge >= 0.3 is 5.69 Å². The van der Waals surface area contributed by atoms with Crippen LogP contribution in [0.5, 0.6) is 11.5 Å². The van der Waals surface area contributed by atoms with E-state index < -0.39 is 23.3 Å². The van der Waals surface area contributed by atoms with E-state index in [1.165, 1.54) is 37.4 Å². The van der Waals surface area contributed by atoms with Crippen molar-refractivity contribution in [1.29, 1.82) is 0 Å². The number of hydrogen-bond donors (Lipinski definition) is 1. The Bertz CT molecular complexity index is 1020. The molecule has 8 nitrogen and oxygen atoms in total. The number of amides is 1. The number of halogens is 1. The number of hydrogen-bond acceptors (Lipinski definition) is 7. The number of nitrogens with zero attached hydrogens (tertiary/aromatic N) is 2. The normalized spacial score (nSPS) is 10.4. The Balaban J connectivity index is 1.63. The van der Waals surface area contributed by atoms with Crippen molar-refractivity contribution in [2.45, 2.75) is 0 Å². The lowest BCUT2D eigenvalue weighted by Crippen LogP contribution is -2.20. The van der Waals surface area contributed by atoms with Crippen LogP contribution in [0, 0.1) is 15.9 Å². The van der Waals surface area contributed by atoms with Crippen molar-refractivity contribution in [1.82, 2.24) is 4.98 Å². The lowest BCUT2D eigenvalue weighted by molar-refractivity contribution is -0.385. The minimum atomic E-state index is -0.589. The second-order valence-electron chi connectivity index (χ2n) is 5.45. The highest BCUT2D eigenvalue weighted by Crippen LogP contribution is 2.29. The van der Waals surface area contributed by atoms with Crippen LogP contribution in [-0.2, 0) is 4.79 Å². The fraction of sp³-hybridized carbons (Fsp3) is 0.111. The van der Waals surface area contributed by atoms with E-state index in [-0.39, 0.29) is 17.2 Å². The summed E-state index contributed by atoms with van der Waals surface area (Å²) in [6.45, 7) is -0.420. The molecular formula is C18H14FN3O5S. The number of thiazole rings is 1. The first-order chi connectivity index (χ1) is 13.5. The number of ether oxygens (including phenoxy) is 2. The fourth-order valence-corrected chi connectivity index (χ4v) is 3.05. The van der Waals surface area contributed by atoms with Crippen LogP contribution in [0.4, 0.5) is 15.2 Å². The maximum atomic E-state index is 13.8. The number of aromatic nitrogens is 1. The van der Waals surface area contributed by atoms with Crippen LogP contribution < -0.4 is 14.8 Å². The van der Waals surface area contributed by atoms with Crippen molar-refractivity contribution < 1.29 is 23.6 Å². The molecular weight excluding hydrogens is 389 g/mol. The smallest absolute Gasteiger partial charge is 0.310 e. The first-order valence-corrected chi connectivity index (χ1v) is 8.81. The summed E-state index contributed by atoms with van der Waals surface area (Å²) in [6.07, 6.45) is 0. The fourth-order valence-electron chi connectivity index (χ4n) is 2.32. The maximum absolute atomic E-state index is 13.8. The summed E-state index contributed by atoms with van der Waals surface area (Å²) in [5, 5.41) is 15.4. The molecule has 144 valence electrons. The molecule has 3 aromatic rings. The molecule has 0 saturated heterocycles. The Morgan fingerprint density at radius 3 is 2.79 bits per heavy atom. The zero-order valence-electron chi connectivity index (χ0n) is 14.5. The predicted octanol–water partition coefficient (Wildman–Crippen LogP) is 3.88. The molecule has 1 aromatic heterocycles. The highest BCUT2D eigenvalue weighted by atomic mass is 32.1. The standard InChI is InChI=1S/C18H14FN3O5S/c1-26-15-7-6-11(8-12(15)19)13-10-28-18(20-13)21-17(23)9-27-16-5-3-2-4-14(16)22(24)25/h2-8,10H,9H2,1H3,(H,20,21,23). The molecule has 0 aliphatic carbocycles. The summed E-state index contributed by atoms with van der Waals surface area (Å²) in [6, 6.07) is 10.2. The van der Waals surface area contributed by atoms with Crippen LogP contribution in [0.1, 0.15) is 0 Å².